The molecule has 1 fully saturated rings. The molecule has 2 unspecified atom stereocenters. The lowest BCUT2D eigenvalue weighted by Crippen LogP contribution is -2.26. The van der Waals surface area contributed by atoms with Crippen molar-refractivity contribution in [3.63, 3.8) is 0 Å². The third kappa shape index (κ3) is 2.56. The molecule has 0 bridgehead atoms. The van der Waals surface area contributed by atoms with E-state index >= 15 is 0 Å². The highest BCUT2D eigenvalue weighted by molar-refractivity contribution is 5.01. The molecule has 0 aromatic carbocycles. The van der Waals surface area contributed by atoms with Crippen LogP contribution in [0.3, 0.4) is 0 Å². The molecule has 2 rings (SSSR count). The molecule has 2 heterocycles. The summed E-state index contributed by atoms with van der Waals surface area (Å²) in [7, 11) is 0. The third-order valence-electron chi connectivity index (χ3n) is 2.58. The van der Waals surface area contributed by atoms with Crippen LogP contribution >= 0.6 is 0 Å². The van der Waals surface area contributed by atoms with E-state index < -0.39 is 0 Å². The summed E-state index contributed by atoms with van der Waals surface area (Å²) >= 11 is 0. The number of H-pyrrole nitrogens is 1. The average Bonchev–Trinajstić information content (AvgIpc) is 2.77. The maximum atomic E-state index is 5.69. The van der Waals surface area contributed by atoms with Crippen molar-refractivity contribution in [3.05, 3.63) is 18.0 Å². The van der Waals surface area contributed by atoms with Crippen molar-refractivity contribution in [1.82, 2.24) is 15.5 Å². The van der Waals surface area contributed by atoms with Gasteiger partial charge in [-0.2, -0.15) is 5.10 Å². The van der Waals surface area contributed by atoms with Crippen LogP contribution in [0.1, 0.15) is 25.3 Å². The molecule has 0 saturated carbocycles. The summed E-state index contributed by atoms with van der Waals surface area (Å²) in [5.41, 5.74) is 1.19. The van der Waals surface area contributed by atoms with Crippen LogP contribution in [0.4, 0.5) is 0 Å². The van der Waals surface area contributed by atoms with Gasteiger partial charge in [-0.15, -0.1) is 0 Å². The predicted molar refractivity (Wildman–Crippen MR) is 53.9 cm³/mol. The Labute approximate surface area is 84.0 Å². The summed E-state index contributed by atoms with van der Waals surface area (Å²) in [6, 6.07) is 0. The number of rotatable bonds is 4. The number of aromatic amines is 1. The van der Waals surface area contributed by atoms with Crippen LogP contribution in [0.5, 0.6) is 0 Å². The number of ether oxygens (including phenoxy) is 1. The summed E-state index contributed by atoms with van der Waals surface area (Å²) < 4.78 is 5.69. The predicted octanol–water partition coefficient (Wildman–Crippen LogP) is 1.07. The van der Waals surface area contributed by atoms with Gasteiger partial charge in [0.15, 0.2) is 0 Å². The average molecular weight is 195 g/mol. The van der Waals surface area contributed by atoms with E-state index in [4.69, 9.17) is 4.74 Å². The van der Waals surface area contributed by atoms with Crippen molar-refractivity contribution >= 4 is 0 Å². The van der Waals surface area contributed by atoms with Gasteiger partial charge < -0.3 is 10.1 Å². The minimum Gasteiger partial charge on any atom is -0.374 e. The molecule has 0 aliphatic carbocycles. The van der Waals surface area contributed by atoms with Gasteiger partial charge in [0.05, 0.1) is 18.4 Å². The molecule has 14 heavy (non-hydrogen) atoms. The molecule has 0 radical (unpaired) electrons. The van der Waals surface area contributed by atoms with Crippen molar-refractivity contribution in [2.24, 2.45) is 0 Å². The first-order valence-electron chi connectivity index (χ1n) is 5.18. The molecule has 1 aliphatic rings. The highest BCUT2D eigenvalue weighted by Gasteiger charge is 2.20. The van der Waals surface area contributed by atoms with Gasteiger partial charge in [0.25, 0.3) is 0 Å². The van der Waals surface area contributed by atoms with Crippen LogP contribution in [-0.2, 0) is 11.3 Å². The summed E-state index contributed by atoms with van der Waals surface area (Å²) in [4.78, 5) is 0. The van der Waals surface area contributed by atoms with E-state index in [0.717, 1.165) is 13.1 Å². The Kier molecular flexibility index (Phi) is 3.16. The Hall–Kier alpha value is -0.870. The molecule has 2 N–H and O–H groups in total. The number of aromatic nitrogens is 2. The summed E-state index contributed by atoms with van der Waals surface area (Å²) in [6.45, 7) is 3.94. The number of nitrogens with zero attached hydrogens (tertiary/aromatic N) is 1. The quantitative estimate of drug-likeness (QED) is 0.755. The largest absolute Gasteiger partial charge is 0.374 e. The zero-order valence-corrected chi connectivity index (χ0v) is 8.49. The fourth-order valence-corrected chi connectivity index (χ4v) is 1.79. The topological polar surface area (TPSA) is 49.9 Å². The fraction of sp³-hybridized carbons (Fsp3) is 0.700. The normalized spacial score (nSPS) is 26.9. The Morgan fingerprint density at radius 3 is 3.21 bits per heavy atom. The highest BCUT2D eigenvalue weighted by atomic mass is 16.5. The van der Waals surface area contributed by atoms with Gasteiger partial charge in [-0.25, -0.2) is 0 Å². The van der Waals surface area contributed by atoms with Crippen molar-refractivity contribution < 1.29 is 4.74 Å². The first-order chi connectivity index (χ1) is 6.84. The molecule has 0 spiro atoms. The minimum absolute atomic E-state index is 0.400. The Morgan fingerprint density at radius 2 is 2.57 bits per heavy atom. The van der Waals surface area contributed by atoms with E-state index in [0.29, 0.717) is 12.2 Å². The van der Waals surface area contributed by atoms with E-state index in [1.165, 1.54) is 18.4 Å². The summed E-state index contributed by atoms with van der Waals surface area (Å²) in [6.07, 6.45) is 6.96. The molecule has 1 aromatic rings. The van der Waals surface area contributed by atoms with Crippen molar-refractivity contribution in [2.75, 3.05) is 6.54 Å². The minimum atomic E-state index is 0.400. The molecule has 1 aromatic heterocycles. The number of hydrogen-bond donors (Lipinski definition) is 2. The molecule has 4 heteroatoms. The van der Waals surface area contributed by atoms with Crippen LogP contribution in [-0.4, -0.2) is 29.0 Å². The Morgan fingerprint density at radius 1 is 1.64 bits per heavy atom. The van der Waals surface area contributed by atoms with Gasteiger partial charge in [-0.3, -0.25) is 5.10 Å². The molecular weight excluding hydrogens is 178 g/mol. The van der Waals surface area contributed by atoms with Gasteiger partial charge >= 0.3 is 0 Å². The summed E-state index contributed by atoms with van der Waals surface area (Å²) in [5, 5.41) is 10.0. The second-order valence-electron chi connectivity index (χ2n) is 3.88. The van der Waals surface area contributed by atoms with E-state index in [-0.39, 0.29) is 0 Å². The molecule has 0 amide bonds. The third-order valence-corrected chi connectivity index (χ3v) is 2.58. The van der Waals surface area contributed by atoms with Crippen molar-refractivity contribution in [1.29, 1.82) is 0 Å². The van der Waals surface area contributed by atoms with E-state index in [1.807, 2.05) is 12.4 Å². The molecule has 4 nitrogen and oxygen atoms in total. The van der Waals surface area contributed by atoms with E-state index in [2.05, 4.69) is 22.4 Å². The van der Waals surface area contributed by atoms with Gasteiger partial charge in [0.1, 0.15) is 0 Å². The first-order valence-corrected chi connectivity index (χ1v) is 5.18. The molecule has 2 atom stereocenters. The monoisotopic (exact) mass is 195 g/mol. The maximum absolute atomic E-state index is 5.69. The van der Waals surface area contributed by atoms with Crippen molar-refractivity contribution in [3.8, 4) is 0 Å². The van der Waals surface area contributed by atoms with Crippen molar-refractivity contribution in [2.45, 2.75) is 38.5 Å². The number of nitrogens with one attached hydrogen (secondary N) is 2. The standard InChI is InChI=1S/C10H17N3O/c1-8-2-3-10(14-8)7-11-4-9-5-12-13-6-9/h5-6,8,10-11H,2-4,7H2,1H3,(H,12,13). The molecule has 1 saturated heterocycles. The Balaban J connectivity index is 1.64. The number of hydrogen-bond acceptors (Lipinski definition) is 3. The lowest BCUT2D eigenvalue weighted by molar-refractivity contribution is 0.0559. The second-order valence-corrected chi connectivity index (χ2v) is 3.88. The zero-order valence-electron chi connectivity index (χ0n) is 8.49. The Bertz CT molecular complexity index is 260. The molecular formula is C10H17N3O. The smallest absolute Gasteiger partial charge is 0.0704 e. The maximum Gasteiger partial charge on any atom is 0.0704 e. The first kappa shape index (κ1) is 9.68. The van der Waals surface area contributed by atoms with Crippen LogP contribution in [0, 0.1) is 0 Å². The summed E-state index contributed by atoms with van der Waals surface area (Å²) in [5.74, 6) is 0. The van der Waals surface area contributed by atoms with E-state index in [9.17, 15) is 0 Å². The van der Waals surface area contributed by atoms with Crippen LogP contribution in [0.2, 0.25) is 0 Å². The lowest BCUT2D eigenvalue weighted by atomic mass is 10.2. The SMILES string of the molecule is CC1CCC(CNCc2cn[nH]c2)O1. The molecule has 78 valence electrons. The fourth-order valence-electron chi connectivity index (χ4n) is 1.79. The lowest BCUT2D eigenvalue weighted by Gasteiger charge is -2.11. The van der Waals surface area contributed by atoms with Gasteiger partial charge in [-0.05, 0) is 19.8 Å². The van der Waals surface area contributed by atoms with Crippen LogP contribution in [0.15, 0.2) is 12.4 Å². The van der Waals surface area contributed by atoms with Gasteiger partial charge in [0.2, 0.25) is 0 Å². The van der Waals surface area contributed by atoms with Gasteiger partial charge in [0, 0.05) is 24.8 Å². The van der Waals surface area contributed by atoms with Gasteiger partial charge in [-0.1, -0.05) is 0 Å². The van der Waals surface area contributed by atoms with Crippen LogP contribution in [0.25, 0.3) is 0 Å². The highest BCUT2D eigenvalue weighted by Crippen LogP contribution is 2.18. The second kappa shape index (κ2) is 4.57. The zero-order chi connectivity index (χ0) is 9.80. The van der Waals surface area contributed by atoms with E-state index in [1.54, 1.807) is 0 Å². The molecule has 1 aliphatic heterocycles. The van der Waals surface area contributed by atoms with Crippen LogP contribution < -0.4 is 5.32 Å².